The summed E-state index contributed by atoms with van der Waals surface area (Å²) < 4.78 is 0. The van der Waals surface area contributed by atoms with Gasteiger partial charge < -0.3 is 19.9 Å². The number of aromatic nitrogens is 2. The zero-order valence-electron chi connectivity index (χ0n) is 15.7. The number of amides is 1. The van der Waals surface area contributed by atoms with Gasteiger partial charge in [-0.05, 0) is 32.6 Å². The van der Waals surface area contributed by atoms with Gasteiger partial charge in [0.15, 0.2) is 5.82 Å². The molecule has 2 atom stereocenters. The molecule has 2 saturated heterocycles. The summed E-state index contributed by atoms with van der Waals surface area (Å²) in [5, 5.41) is 11.2. The number of carbonyl (C=O) groups excluding carboxylic acids is 1. The highest BCUT2D eigenvalue weighted by molar-refractivity contribution is 6.32. The molecule has 0 unspecified atom stereocenters. The summed E-state index contributed by atoms with van der Waals surface area (Å²) in [6.07, 6.45) is 5.45. The minimum Gasteiger partial charge on any atom is -0.389 e. The normalized spacial score (nSPS) is 29.1. The Bertz CT molecular complexity index is 792. The molecule has 2 aliphatic heterocycles. The fraction of sp³-hybridized carbons (Fsp3) is 0.737. The third-order valence-electron chi connectivity index (χ3n) is 6.55. The maximum absolute atomic E-state index is 12.8. The van der Waals surface area contributed by atoms with E-state index in [0.717, 1.165) is 25.7 Å². The molecule has 1 aliphatic carbocycles. The molecule has 1 saturated carbocycles. The average molecular weight is 395 g/mol. The predicted octanol–water partition coefficient (Wildman–Crippen LogP) is 1.71. The van der Waals surface area contributed by atoms with Gasteiger partial charge in [-0.1, -0.05) is 24.4 Å². The molecule has 3 aliphatic rings. The van der Waals surface area contributed by atoms with Gasteiger partial charge in [0.25, 0.3) is 5.56 Å². The van der Waals surface area contributed by atoms with Crippen LogP contribution < -0.4 is 10.5 Å². The van der Waals surface area contributed by atoms with E-state index < -0.39 is 5.60 Å². The summed E-state index contributed by atoms with van der Waals surface area (Å²) in [5.74, 6) is 1.32. The van der Waals surface area contributed by atoms with Crippen LogP contribution in [0.1, 0.15) is 44.3 Å². The van der Waals surface area contributed by atoms with Gasteiger partial charge in [0.2, 0.25) is 5.91 Å². The molecule has 1 aromatic heterocycles. The smallest absolute Gasteiger partial charge is 0.271 e. The van der Waals surface area contributed by atoms with Gasteiger partial charge in [-0.15, -0.1) is 0 Å². The molecule has 3 heterocycles. The molecule has 0 bridgehead atoms. The maximum atomic E-state index is 12.8. The second kappa shape index (κ2) is 7.09. The van der Waals surface area contributed by atoms with E-state index in [1.165, 1.54) is 0 Å². The van der Waals surface area contributed by atoms with Crippen LogP contribution in [0.2, 0.25) is 5.02 Å². The van der Waals surface area contributed by atoms with Gasteiger partial charge in [-0.3, -0.25) is 9.59 Å². The molecule has 4 rings (SSSR count). The third-order valence-corrected chi connectivity index (χ3v) is 6.89. The van der Waals surface area contributed by atoms with Gasteiger partial charge in [0.05, 0.1) is 5.60 Å². The first kappa shape index (κ1) is 18.7. The molecule has 148 valence electrons. The molecular formula is C19H27ClN4O3. The highest BCUT2D eigenvalue weighted by atomic mass is 35.5. The van der Waals surface area contributed by atoms with Gasteiger partial charge in [0.1, 0.15) is 10.8 Å². The summed E-state index contributed by atoms with van der Waals surface area (Å²) >= 11 is 6.20. The largest absolute Gasteiger partial charge is 0.389 e. The lowest BCUT2D eigenvalue weighted by Crippen LogP contribution is -2.61. The van der Waals surface area contributed by atoms with Crippen molar-refractivity contribution in [1.29, 1.82) is 0 Å². The Balaban J connectivity index is 1.52. The number of nitrogens with zero attached hydrogens (tertiary/aromatic N) is 3. The second-order valence-corrected chi connectivity index (χ2v) is 8.68. The maximum Gasteiger partial charge on any atom is 0.271 e. The molecule has 8 heteroatoms. The minimum absolute atomic E-state index is 0.0668. The molecule has 27 heavy (non-hydrogen) atoms. The lowest BCUT2D eigenvalue weighted by Gasteiger charge is -2.50. The number of hydrogen-bond acceptors (Lipinski definition) is 5. The molecular weight excluding hydrogens is 368 g/mol. The van der Waals surface area contributed by atoms with E-state index in [1.807, 2.05) is 9.80 Å². The Labute approximate surface area is 163 Å². The number of rotatable bonds is 2. The first-order valence-electron chi connectivity index (χ1n) is 9.90. The molecule has 1 aromatic rings. The highest BCUT2D eigenvalue weighted by Gasteiger charge is 2.47. The van der Waals surface area contributed by atoms with Crippen LogP contribution in [0.4, 0.5) is 5.82 Å². The SMILES string of the molecule is Cc1nc(N2CC[C@@]3(O)CCN(C(=O)C4CCCC4)C[C@H]3C2)c(Cl)c(=O)[nH]1. The second-order valence-electron chi connectivity index (χ2n) is 8.30. The van der Waals surface area contributed by atoms with Crippen LogP contribution in [0, 0.1) is 18.8 Å². The van der Waals surface area contributed by atoms with Crippen molar-refractivity contribution >= 4 is 23.3 Å². The van der Waals surface area contributed by atoms with Crippen LogP contribution in [0.3, 0.4) is 0 Å². The average Bonchev–Trinajstić information content (AvgIpc) is 3.18. The molecule has 0 spiro atoms. The van der Waals surface area contributed by atoms with Crippen molar-refractivity contribution in [1.82, 2.24) is 14.9 Å². The molecule has 0 radical (unpaired) electrons. The Morgan fingerprint density at radius 3 is 2.70 bits per heavy atom. The van der Waals surface area contributed by atoms with Gasteiger partial charge in [-0.2, -0.15) is 0 Å². The molecule has 1 amide bonds. The van der Waals surface area contributed by atoms with Crippen LogP contribution in [-0.4, -0.2) is 57.7 Å². The Hall–Kier alpha value is -1.60. The van der Waals surface area contributed by atoms with Crippen molar-refractivity contribution in [3.63, 3.8) is 0 Å². The van der Waals surface area contributed by atoms with Crippen LogP contribution in [0.25, 0.3) is 0 Å². The van der Waals surface area contributed by atoms with E-state index in [0.29, 0.717) is 50.7 Å². The number of H-pyrrole nitrogens is 1. The van der Waals surface area contributed by atoms with Crippen LogP contribution in [0.5, 0.6) is 0 Å². The number of aliphatic hydroxyl groups is 1. The van der Waals surface area contributed by atoms with Crippen LogP contribution >= 0.6 is 11.6 Å². The number of nitrogens with one attached hydrogen (secondary N) is 1. The number of hydrogen-bond donors (Lipinski definition) is 2. The molecule has 2 N–H and O–H groups in total. The van der Waals surface area contributed by atoms with Gasteiger partial charge in [0, 0.05) is 38.0 Å². The fourth-order valence-electron chi connectivity index (χ4n) is 4.89. The number of piperidine rings is 2. The standard InChI is InChI=1S/C19H27ClN4O3/c1-12-21-16(15(20)17(25)22-12)23-8-6-19(27)7-9-24(11-14(19)10-23)18(26)13-4-2-3-5-13/h13-14,27H,2-11H2,1H3,(H,21,22,25)/t14-,19-/m1/s1. The van der Waals surface area contributed by atoms with Crippen molar-refractivity contribution in [3.8, 4) is 0 Å². The van der Waals surface area contributed by atoms with E-state index in [2.05, 4.69) is 9.97 Å². The van der Waals surface area contributed by atoms with E-state index >= 15 is 0 Å². The van der Waals surface area contributed by atoms with Crippen LogP contribution in [0.15, 0.2) is 4.79 Å². The number of aryl methyl sites for hydroxylation is 1. The Kier molecular flexibility index (Phi) is 4.93. The van der Waals surface area contributed by atoms with Crippen molar-refractivity contribution in [2.45, 2.75) is 51.0 Å². The number of likely N-dealkylation sites (tertiary alicyclic amines) is 1. The van der Waals surface area contributed by atoms with E-state index in [4.69, 9.17) is 11.6 Å². The molecule has 0 aromatic carbocycles. The third kappa shape index (κ3) is 3.47. The van der Waals surface area contributed by atoms with Crippen molar-refractivity contribution in [3.05, 3.63) is 21.2 Å². The lowest BCUT2D eigenvalue weighted by molar-refractivity contribution is -0.145. The number of halogens is 1. The number of aromatic amines is 1. The number of carbonyl (C=O) groups is 1. The number of anilines is 1. The first-order valence-corrected chi connectivity index (χ1v) is 10.3. The minimum atomic E-state index is -0.758. The summed E-state index contributed by atoms with van der Waals surface area (Å²) in [6, 6.07) is 0. The Morgan fingerprint density at radius 2 is 1.96 bits per heavy atom. The van der Waals surface area contributed by atoms with E-state index in [9.17, 15) is 14.7 Å². The predicted molar refractivity (Wildman–Crippen MR) is 103 cm³/mol. The quantitative estimate of drug-likeness (QED) is 0.797. The fourth-order valence-corrected chi connectivity index (χ4v) is 5.10. The van der Waals surface area contributed by atoms with E-state index in [1.54, 1.807) is 6.92 Å². The van der Waals surface area contributed by atoms with Crippen molar-refractivity contribution in [2.75, 3.05) is 31.1 Å². The summed E-state index contributed by atoms with van der Waals surface area (Å²) in [7, 11) is 0. The zero-order chi connectivity index (χ0) is 19.2. The van der Waals surface area contributed by atoms with E-state index in [-0.39, 0.29) is 28.3 Å². The lowest BCUT2D eigenvalue weighted by atomic mass is 9.75. The topological polar surface area (TPSA) is 89.5 Å². The zero-order valence-corrected chi connectivity index (χ0v) is 16.5. The monoisotopic (exact) mass is 394 g/mol. The highest BCUT2D eigenvalue weighted by Crippen LogP contribution is 2.38. The molecule has 7 nitrogen and oxygen atoms in total. The first-order chi connectivity index (χ1) is 12.9. The summed E-state index contributed by atoms with van der Waals surface area (Å²) in [5.41, 5.74) is -1.10. The van der Waals surface area contributed by atoms with Gasteiger partial charge >= 0.3 is 0 Å². The van der Waals surface area contributed by atoms with Gasteiger partial charge in [-0.25, -0.2) is 4.98 Å². The number of fused-ring (bicyclic) bond motifs is 1. The van der Waals surface area contributed by atoms with Crippen molar-refractivity contribution in [2.24, 2.45) is 11.8 Å². The van der Waals surface area contributed by atoms with Crippen molar-refractivity contribution < 1.29 is 9.90 Å². The van der Waals surface area contributed by atoms with Crippen LogP contribution in [-0.2, 0) is 4.79 Å². The summed E-state index contributed by atoms with van der Waals surface area (Å²) in [4.78, 5) is 35.7. The Morgan fingerprint density at radius 1 is 1.26 bits per heavy atom. The summed E-state index contributed by atoms with van der Waals surface area (Å²) in [6.45, 7) is 4.05. The molecule has 3 fully saturated rings.